The Morgan fingerprint density at radius 2 is 1.50 bits per heavy atom. The van der Waals surface area contributed by atoms with Crippen LogP contribution in [0.5, 0.6) is 0 Å². The zero-order chi connectivity index (χ0) is 32.1. The molecule has 0 fully saturated rings. The maximum atomic E-state index is 13.0. The van der Waals surface area contributed by atoms with E-state index in [9.17, 15) is 14.4 Å². The van der Waals surface area contributed by atoms with Crippen molar-refractivity contribution in [2.75, 3.05) is 25.0 Å². The molecule has 4 rings (SSSR count). The molecule has 0 unspecified atom stereocenters. The van der Waals surface area contributed by atoms with Crippen molar-refractivity contribution in [2.45, 2.75) is 59.2 Å². The van der Waals surface area contributed by atoms with Crippen LogP contribution in [0.15, 0.2) is 84.5 Å². The molecule has 0 aliphatic heterocycles. The fraction of sp³-hybridized carbons (Fsp3) is 0.343. The summed E-state index contributed by atoms with van der Waals surface area (Å²) in [7, 11) is 1.93. The quantitative estimate of drug-likeness (QED) is 0.260. The van der Waals surface area contributed by atoms with Gasteiger partial charge in [-0.15, -0.1) is 10.2 Å². The minimum absolute atomic E-state index is 0.00743. The van der Waals surface area contributed by atoms with E-state index in [0.29, 0.717) is 30.8 Å². The fourth-order valence-corrected chi connectivity index (χ4v) is 4.55. The number of benzene rings is 2. The number of allylic oxidation sites excluding steroid dienone is 5. The van der Waals surface area contributed by atoms with Crippen molar-refractivity contribution in [3.8, 4) is 0 Å². The van der Waals surface area contributed by atoms with E-state index in [1.165, 1.54) is 6.07 Å². The maximum absolute atomic E-state index is 13.0. The Bertz CT molecular complexity index is 1600. The summed E-state index contributed by atoms with van der Waals surface area (Å²) in [5.74, 6) is 0.0633. The lowest BCUT2D eigenvalue weighted by Gasteiger charge is -2.27. The fourth-order valence-electron chi connectivity index (χ4n) is 4.55. The van der Waals surface area contributed by atoms with Crippen molar-refractivity contribution in [3.05, 3.63) is 95.7 Å². The van der Waals surface area contributed by atoms with E-state index in [4.69, 9.17) is 9.47 Å². The molecule has 0 bridgehead atoms. The molecular formula is C35H40N4O5. The van der Waals surface area contributed by atoms with E-state index in [-0.39, 0.29) is 11.6 Å². The molecule has 1 heterocycles. The second-order valence-electron chi connectivity index (χ2n) is 12.8. The molecule has 1 aromatic heterocycles. The highest BCUT2D eigenvalue weighted by atomic mass is 16.6. The Hall–Kier alpha value is -4.63. The number of amides is 2. The third-order valence-corrected chi connectivity index (χ3v) is 6.48. The van der Waals surface area contributed by atoms with Crippen LogP contribution in [0.3, 0.4) is 0 Å². The van der Waals surface area contributed by atoms with Gasteiger partial charge in [0.05, 0.1) is 12.2 Å². The lowest BCUT2D eigenvalue weighted by atomic mass is 10.0. The highest BCUT2D eigenvalue weighted by Gasteiger charge is 2.34. The molecule has 0 N–H and O–H groups in total. The van der Waals surface area contributed by atoms with Gasteiger partial charge >= 0.3 is 12.2 Å². The van der Waals surface area contributed by atoms with Crippen LogP contribution in [0.1, 0.15) is 64.0 Å². The number of imide groups is 1. The number of fused-ring (bicyclic) bond motifs is 1. The van der Waals surface area contributed by atoms with Gasteiger partial charge in [-0.25, -0.2) is 9.59 Å². The van der Waals surface area contributed by atoms with E-state index in [1.807, 2.05) is 78.7 Å². The number of carbonyl (C=O) groups excluding carboxylic acids is 3. The lowest BCUT2D eigenvalue weighted by molar-refractivity contribution is 0.0428. The van der Waals surface area contributed by atoms with Crippen LogP contribution in [-0.4, -0.2) is 64.4 Å². The Morgan fingerprint density at radius 1 is 0.841 bits per heavy atom. The van der Waals surface area contributed by atoms with Crippen LogP contribution in [0.2, 0.25) is 0 Å². The highest BCUT2D eigenvalue weighted by Crippen LogP contribution is 2.24. The first-order valence-electron chi connectivity index (χ1n) is 14.6. The van der Waals surface area contributed by atoms with Gasteiger partial charge in [0.25, 0.3) is 0 Å². The molecule has 0 saturated heterocycles. The summed E-state index contributed by atoms with van der Waals surface area (Å²) in [5, 5.41) is 10.6. The number of hydrogen-bond donors (Lipinski definition) is 0. The maximum Gasteiger partial charge on any atom is 0.425 e. The van der Waals surface area contributed by atoms with Crippen LogP contribution in [0.25, 0.3) is 16.3 Å². The minimum Gasteiger partial charge on any atom is -0.443 e. The minimum atomic E-state index is -0.903. The first-order valence-corrected chi connectivity index (χ1v) is 14.6. The van der Waals surface area contributed by atoms with Crippen molar-refractivity contribution < 1.29 is 23.9 Å². The Balaban J connectivity index is 1.41. The Morgan fingerprint density at radius 3 is 2.11 bits per heavy atom. The summed E-state index contributed by atoms with van der Waals surface area (Å²) < 4.78 is 10.9. The molecule has 2 aromatic carbocycles. The number of rotatable bonds is 7. The molecule has 0 radical (unpaired) electrons. The molecule has 0 spiro atoms. The number of aromatic nitrogens is 2. The van der Waals surface area contributed by atoms with Gasteiger partial charge < -0.3 is 9.47 Å². The predicted octanol–water partition coefficient (Wildman–Crippen LogP) is 7.39. The standard InChI is InChI=1S/C35H40N4O5/c1-34(2,3)43-32(41)39(33(42)44-35(4,5)6)31-20-19-29(36-37-31)26-14-10-11-24(15-16-26)22-38(7)23-30(40)28-18-17-25-12-8-9-13-27(25)21-28/h8-14,16-21H,15,22-23H2,1-7H3. The molecule has 9 heteroatoms. The van der Waals surface area contributed by atoms with Crippen molar-refractivity contribution in [1.29, 1.82) is 0 Å². The first-order chi connectivity index (χ1) is 20.7. The van der Waals surface area contributed by atoms with Crippen LogP contribution in [0, 0.1) is 0 Å². The van der Waals surface area contributed by atoms with Gasteiger partial charge in [-0.2, -0.15) is 4.90 Å². The molecule has 3 aromatic rings. The zero-order valence-corrected chi connectivity index (χ0v) is 26.5. The van der Waals surface area contributed by atoms with Crippen molar-refractivity contribution >= 4 is 40.1 Å². The molecule has 44 heavy (non-hydrogen) atoms. The van der Waals surface area contributed by atoms with Gasteiger partial charge in [0, 0.05) is 12.1 Å². The van der Waals surface area contributed by atoms with E-state index in [0.717, 1.165) is 26.8 Å². The molecule has 0 atom stereocenters. The van der Waals surface area contributed by atoms with Crippen LogP contribution >= 0.6 is 0 Å². The van der Waals surface area contributed by atoms with E-state index >= 15 is 0 Å². The van der Waals surface area contributed by atoms with Crippen molar-refractivity contribution in [2.24, 2.45) is 0 Å². The third kappa shape index (κ3) is 8.94. The van der Waals surface area contributed by atoms with Gasteiger partial charge in [0.2, 0.25) is 0 Å². The number of nitrogens with zero attached hydrogens (tertiary/aromatic N) is 4. The van der Waals surface area contributed by atoms with Crippen LogP contribution in [-0.2, 0) is 9.47 Å². The van der Waals surface area contributed by atoms with Crippen LogP contribution < -0.4 is 4.90 Å². The van der Waals surface area contributed by atoms with Gasteiger partial charge in [-0.1, -0.05) is 66.3 Å². The molecular weight excluding hydrogens is 556 g/mol. The molecule has 9 nitrogen and oxygen atoms in total. The van der Waals surface area contributed by atoms with Crippen molar-refractivity contribution in [3.63, 3.8) is 0 Å². The van der Waals surface area contributed by atoms with E-state index in [1.54, 1.807) is 47.6 Å². The monoisotopic (exact) mass is 596 g/mol. The number of likely N-dealkylation sites (N-methyl/N-ethyl adjacent to an activating group) is 1. The van der Waals surface area contributed by atoms with Gasteiger partial charge in [0.1, 0.15) is 11.2 Å². The molecule has 0 saturated carbocycles. The number of anilines is 1. The highest BCUT2D eigenvalue weighted by molar-refractivity contribution is 6.08. The lowest BCUT2D eigenvalue weighted by Crippen LogP contribution is -2.44. The third-order valence-electron chi connectivity index (χ3n) is 6.48. The Kier molecular flexibility index (Phi) is 9.79. The van der Waals surface area contributed by atoms with E-state index in [2.05, 4.69) is 10.2 Å². The summed E-state index contributed by atoms with van der Waals surface area (Å²) in [5.41, 5.74) is 1.59. The topological polar surface area (TPSA) is 102 Å². The number of carbonyl (C=O) groups is 3. The molecule has 230 valence electrons. The van der Waals surface area contributed by atoms with Gasteiger partial charge in [-0.3, -0.25) is 9.69 Å². The Labute approximate surface area is 258 Å². The summed E-state index contributed by atoms with van der Waals surface area (Å²) in [6, 6.07) is 17.0. The second-order valence-corrected chi connectivity index (χ2v) is 12.8. The average Bonchev–Trinajstić information content (AvgIpc) is 3.16. The predicted molar refractivity (Wildman–Crippen MR) is 173 cm³/mol. The largest absolute Gasteiger partial charge is 0.443 e. The summed E-state index contributed by atoms with van der Waals surface area (Å²) in [6.45, 7) is 11.2. The second kappa shape index (κ2) is 13.3. The number of ether oxygens (including phenoxy) is 2. The average molecular weight is 597 g/mol. The van der Waals surface area contributed by atoms with E-state index < -0.39 is 23.4 Å². The zero-order valence-electron chi connectivity index (χ0n) is 26.5. The smallest absolute Gasteiger partial charge is 0.425 e. The van der Waals surface area contributed by atoms with Crippen molar-refractivity contribution in [1.82, 2.24) is 15.1 Å². The molecule has 1 aliphatic carbocycles. The number of Topliss-reactive ketones (excluding diaryl/α,β-unsaturated/α-hetero) is 1. The first kappa shape index (κ1) is 32.3. The van der Waals surface area contributed by atoms with Crippen LogP contribution in [0.4, 0.5) is 15.4 Å². The van der Waals surface area contributed by atoms with Gasteiger partial charge in [-0.05, 0) is 89.6 Å². The summed E-state index contributed by atoms with van der Waals surface area (Å²) in [6.07, 6.45) is 6.79. The number of ketones is 1. The number of hydrogen-bond acceptors (Lipinski definition) is 8. The van der Waals surface area contributed by atoms with Gasteiger partial charge in [0.15, 0.2) is 11.6 Å². The molecule has 1 aliphatic rings. The SMILES string of the molecule is CN(CC(=O)c1ccc2ccccc2c1)CC1=CC=CC(c2ccc(N(C(=O)OC(C)(C)C)C(=O)OC(C)(C)C)nn2)=CC1. The normalized spacial score (nSPS) is 13.6. The summed E-state index contributed by atoms with van der Waals surface area (Å²) >= 11 is 0. The summed E-state index contributed by atoms with van der Waals surface area (Å²) in [4.78, 5) is 41.6. The molecule has 2 amide bonds.